The fourth-order valence-electron chi connectivity index (χ4n) is 2.07. The summed E-state index contributed by atoms with van der Waals surface area (Å²) in [6, 6.07) is 19.2. The summed E-state index contributed by atoms with van der Waals surface area (Å²) in [5.74, 6) is 0.689. The summed E-state index contributed by atoms with van der Waals surface area (Å²) in [6.07, 6.45) is 0. The standard InChI is InChI=1S/C17H21N/c1-14(2)12-18-13-16-10-6-7-11-17(16)15-8-4-3-5-9-15/h3-11,14,18H,12-13H2,1-2H3. The highest BCUT2D eigenvalue weighted by Crippen LogP contribution is 2.23. The van der Waals surface area contributed by atoms with E-state index in [-0.39, 0.29) is 0 Å². The predicted octanol–water partition coefficient (Wildman–Crippen LogP) is 4.10. The minimum Gasteiger partial charge on any atom is -0.312 e. The molecule has 0 aliphatic carbocycles. The zero-order chi connectivity index (χ0) is 12.8. The Morgan fingerprint density at radius 3 is 2.28 bits per heavy atom. The van der Waals surface area contributed by atoms with Crippen molar-refractivity contribution in [3.63, 3.8) is 0 Å². The van der Waals surface area contributed by atoms with Gasteiger partial charge in [0.15, 0.2) is 0 Å². The van der Waals surface area contributed by atoms with Crippen molar-refractivity contribution in [1.29, 1.82) is 0 Å². The Labute approximate surface area is 110 Å². The second-order valence-electron chi connectivity index (χ2n) is 5.05. The van der Waals surface area contributed by atoms with Gasteiger partial charge in [-0.15, -0.1) is 0 Å². The summed E-state index contributed by atoms with van der Waals surface area (Å²) in [6.45, 7) is 6.46. The molecular formula is C17H21N. The van der Waals surface area contributed by atoms with Crippen molar-refractivity contribution in [1.82, 2.24) is 5.32 Å². The molecule has 0 radical (unpaired) electrons. The molecule has 0 amide bonds. The lowest BCUT2D eigenvalue weighted by Crippen LogP contribution is -2.19. The number of benzene rings is 2. The van der Waals surface area contributed by atoms with E-state index in [4.69, 9.17) is 0 Å². The number of rotatable bonds is 5. The van der Waals surface area contributed by atoms with Gasteiger partial charge in [-0.1, -0.05) is 68.4 Å². The molecule has 94 valence electrons. The van der Waals surface area contributed by atoms with E-state index in [9.17, 15) is 0 Å². The summed E-state index contributed by atoms with van der Waals surface area (Å²) in [5.41, 5.74) is 3.98. The molecule has 0 unspecified atom stereocenters. The Kier molecular flexibility index (Phi) is 4.54. The molecule has 0 atom stereocenters. The van der Waals surface area contributed by atoms with Gasteiger partial charge in [0, 0.05) is 6.54 Å². The van der Waals surface area contributed by atoms with Crippen LogP contribution < -0.4 is 5.32 Å². The van der Waals surface area contributed by atoms with Crippen LogP contribution in [0, 0.1) is 5.92 Å². The van der Waals surface area contributed by atoms with E-state index >= 15 is 0 Å². The van der Waals surface area contributed by atoms with E-state index in [1.165, 1.54) is 16.7 Å². The van der Waals surface area contributed by atoms with Crippen molar-refractivity contribution in [2.45, 2.75) is 20.4 Å². The average Bonchev–Trinajstić information content (AvgIpc) is 2.40. The molecule has 2 rings (SSSR count). The van der Waals surface area contributed by atoms with Crippen LogP contribution >= 0.6 is 0 Å². The molecule has 1 N–H and O–H groups in total. The van der Waals surface area contributed by atoms with Gasteiger partial charge in [-0.05, 0) is 29.2 Å². The Morgan fingerprint density at radius 2 is 1.56 bits per heavy atom. The van der Waals surface area contributed by atoms with Gasteiger partial charge in [0.1, 0.15) is 0 Å². The molecule has 0 aliphatic rings. The summed E-state index contributed by atoms with van der Waals surface area (Å²) < 4.78 is 0. The third kappa shape index (κ3) is 3.44. The van der Waals surface area contributed by atoms with Crippen LogP contribution in [0.25, 0.3) is 11.1 Å². The van der Waals surface area contributed by atoms with Crippen LogP contribution in [-0.4, -0.2) is 6.54 Å². The van der Waals surface area contributed by atoms with Gasteiger partial charge in [-0.25, -0.2) is 0 Å². The van der Waals surface area contributed by atoms with Crippen molar-refractivity contribution in [2.75, 3.05) is 6.54 Å². The third-order valence-corrected chi connectivity index (χ3v) is 2.97. The van der Waals surface area contributed by atoms with Crippen molar-refractivity contribution in [3.05, 3.63) is 60.2 Å². The fraction of sp³-hybridized carbons (Fsp3) is 0.294. The van der Waals surface area contributed by atoms with Crippen LogP contribution in [0.3, 0.4) is 0 Å². The average molecular weight is 239 g/mol. The van der Waals surface area contributed by atoms with Crippen LogP contribution in [0.1, 0.15) is 19.4 Å². The molecule has 18 heavy (non-hydrogen) atoms. The molecule has 2 aromatic carbocycles. The molecule has 2 aromatic rings. The smallest absolute Gasteiger partial charge is 0.0211 e. The largest absolute Gasteiger partial charge is 0.312 e. The van der Waals surface area contributed by atoms with E-state index in [0.717, 1.165) is 13.1 Å². The van der Waals surface area contributed by atoms with Gasteiger partial charge in [0.05, 0.1) is 0 Å². The first-order chi connectivity index (χ1) is 8.77. The second-order valence-corrected chi connectivity index (χ2v) is 5.05. The lowest BCUT2D eigenvalue weighted by Gasteiger charge is -2.12. The molecular weight excluding hydrogens is 218 g/mol. The number of hydrogen-bond acceptors (Lipinski definition) is 1. The number of hydrogen-bond donors (Lipinski definition) is 1. The van der Waals surface area contributed by atoms with Crippen molar-refractivity contribution >= 4 is 0 Å². The van der Waals surface area contributed by atoms with E-state index in [1.807, 2.05) is 0 Å². The first-order valence-corrected chi connectivity index (χ1v) is 6.61. The second kappa shape index (κ2) is 6.36. The zero-order valence-corrected chi connectivity index (χ0v) is 11.2. The van der Waals surface area contributed by atoms with Crippen LogP contribution in [0.2, 0.25) is 0 Å². The Balaban J connectivity index is 2.16. The molecule has 0 fully saturated rings. The van der Waals surface area contributed by atoms with Crippen molar-refractivity contribution in [2.24, 2.45) is 5.92 Å². The maximum atomic E-state index is 3.51. The lowest BCUT2D eigenvalue weighted by atomic mass is 10.00. The zero-order valence-electron chi connectivity index (χ0n) is 11.2. The highest BCUT2D eigenvalue weighted by molar-refractivity contribution is 5.67. The van der Waals surface area contributed by atoms with Crippen LogP contribution in [0.5, 0.6) is 0 Å². The Morgan fingerprint density at radius 1 is 0.889 bits per heavy atom. The Hall–Kier alpha value is -1.60. The minimum atomic E-state index is 0.689. The van der Waals surface area contributed by atoms with Gasteiger partial charge >= 0.3 is 0 Å². The van der Waals surface area contributed by atoms with Gasteiger partial charge in [-0.2, -0.15) is 0 Å². The van der Waals surface area contributed by atoms with Gasteiger partial charge in [0.2, 0.25) is 0 Å². The maximum absolute atomic E-state index is 3.51. The topological polar surface area (TPSA) is 12.0 Å². The molecule has 0 spiro atoms. The molecule has 1 nitrogen and oxygen atoms in total. The predicted molar refractivity (Wildman–Crippen MR) is 78.4 cm³/mol. The molecule has 1 heteroatoms. The monoisotopic (exact) mass is 239 g/mol. The molecule has 0 bridgehead atoms. The van der Waals surface area contributed by atoms with Crippen molar-refractivity contribution in [3.8, 4) is 11.1 Å². The molecule has 0 aromatic heterocycles. The quantitative estimate of drug-likeness (QED) is 0.828. The normalized spacial score (nSPS) is 10.8. The van der Waals surface area contributed by atoms with E-state index in [0.29, 0.717) is 5.92 Å². The highest BCUT2D eigenvalue weighted by atomic mass is 14.8. The lowest BCUT2D eigenvalue weighted by molar-refractivity contribution is 0.552. The van der Waals surface area contributed by atoms with Gasteiger partial charge in [0.25, 0.3) is 0 Å². The highest BCUT2D eigenvalue weighted by Gasteiger charge is 2.03. The minimum absolute atomic E-state index is 0.689. The van der Waals surface area contributed by atoms with Gasteiger partial charge < -0.3 is 5.32 Å². The first kappa shape index (κ1) is 12.8. The molecule has 0 saturated heterocycles. The van der Waals surface area contributed by atoms with E-state index in [1.54, 1.807) is 0 Å². The maximum Gasteiger partial charge on any atom is 0.0211 e. The van der Waals surface area contributed by atoms with E-state index < -0.39 is 0 Å². The first-order valence-electron chi connectivity index (χ1n) is 6.61. The third-order valence-electron chi connectivity index (χ3n) is 2.97. The SMILES string of the molecule is CC(C)CNCc1ccccc1-c1ccccc1. The van der Waals surface area contributed by atoms with Crippen LogP contribution in [0.15, 0.2) is 54.6 Å². The summed E-state index contributed by atoms with van der Waals surface area (Å²) in [4.78, 5) is 0. The fourth-order valence-corrected chi connectivity index (χ4v) is 2.07. The van der Waals surface area contributed by atoms with Crippen molar-refractivity contribution < 1.29 is 0 Å². The van der Waals surface area contributed by atoms with Crippen LogP contribution in [-0.2, 0) is 6.54 Å². The number of nitrogens with one attached hydrogen (secondary N) is 1. The molecule has 0 heterocycles. The summed E-state index contributed by atoms with van der Waals surface area (Å²) in [5, 5.41) is 3.51. The van der Waals surface area contributed by atoms with Gasteiger partial charge in [-0.3, -0.25) is 0 Å². The summed E-state index contributed by atoms with van der Waals surface area (Å²) in [7, 11) is 0. The van der Waals surface area contributed by atoms with Crippen LogP contribution in [0.4, 0.5) is 0 Å². The molecule has 0 aliphatic heterocycles. The molecule has 0 saturated carbocycles. The Bertz CT molecular complexity index is 474. The van der Waals surface area contributed by atoms with E-state index in [2.05, 4.69) is 73.8 Å². The summed E-state index contributed by atoms with van der Waals surface area (Å²) >= 11 is 0.